The quantitative estimate of drug-likeness (QED) is 0.746. The summed E-state index contributed by atoms with van der Waals surface area (Å²) in [6.45, 7) is 2.11. The SMILES string of the molecule is CNc1cn2ccnc2c(SCc2cccc(C)c2)n1. The molecule has 1 N–H and O–H groups in total. The molecule has 0 aliphatic rings. The van der Waals surface area contributed by atoms with Gasteiger partial charge >= 0.3 is 0 Å². The number of imidazole rings is 1. The summed E-state index contributed by atoms with van der Waals surface area (Å²) in [5, 5.41) is 4.03. The van der Waals surface area contributed by atoms with E-state index in [0.717, 1.165) is 22.2 Å². The first-order valence-corrected chi connectivity index (χ1v) is 7.44. The van der Waals surface area contributed by atoms with Gasteiger partial charge in [0.25, 0.3) is 0 Å². The molecule has 2 aromatic heterocycles. The van der Waals surface area contributed by atoms with Gasteiger partial charge in [-0.3, -0.25) is 0 Å². The Morgan fingerprint density at radius 3 is 3.05 bits per heavy atom. The van der Waals surface area contributed by atoms with Crippen molar-refractivity contribution in [2.24, 2.45) is 0 Å². The molecule has 4 nitrogen and oxygen atoms in total. The van der Waals surface area contributed by atoms with E-state index in [1.807, 2.05) is 23.8 Å². The molecule has 3 rings (SSSR count). The van der Waals surface area contributed by atoms with E-state index < -0.39 is 0 Å². The highest BCUT2D eigenvalue weighted by atomic mass is 32.2. The molecule has 0 saturated carbocycles. The molecule has 0 amide bonds. The molecule has 0 fully saturated rings. The topological polar surface area (TPSA) is 42.2 Å². The lowest BCUT2D eigenvalue weighted by molar-refractivity contribution is 1.03. The van der Waals surface area contributed by atoms with Crippen molar-refractivity contribution >= 4 is 23.2 Å². The zero-order valence-corrected chi connectivity index (χ0v) is 12.3. The van der Waals surface area contributed by atoms with E-state index in [1.165, 1.54) is 11.1 Å². The second-order valence-corrected chi connectivity index (χ2v) is 5.58. The molecule has 0 aliphatic heterocycles. The lowest BCUT2D eigenvalue weighted by Crippen LogP contribution is -1.98. The summed E-state index contributed by atoms with van der Waals surface area (Å²) in [6.07, 6.45) is 5.68. The van der Waals surface area contributed by atoms with Crippen molar-refractivity contribution in [1.29, 1.82) is 0 Å². The molecule has 0 saturated heterocycles. The predicted molar refractivity (Wildman–Crippen MR) is 83.3 cm³/mol. The van der Waals surface area contributed by atoms with Crippen LogP contribution >= 0.6 is 11.8 Å². The van der Waals surface area contributed by atoms with Crippen molar-refractivity contribution in [3.63, 3.8) is 0 Å². The smallest absolute Gasteiger partial charge is 0.169 e. The average molecular weight is 284 g/mol. The van der Waals surface area contributed by atoms with Crippen LogP contribution in [0, 0.1) is 6.92 Å². The van der Waals surface area contributed by atoms with Crippen molar-refractivity contribution in [1.82, 2.24) is 14.4 Å². The van der Waals surface area contributed by atoms with Crippen molar-refractivity contribution in [3.05, 3.63) is 54.0 Å². The molecule has 20 heavy (non-hydrogen) atoms. The molecule has 0 radical (unpaired) electrons. The molecular weight excluding hydrogens is 268 g/mol. The number of benzene rings is 1. The van der Waals surface area contributed by atoms with Gasteiger partial charge in [-0.15, -0.1) is 0 Å². The van der Waals surface area contributed by atoms with Crippen molar-refractivity contribution in [2.45, 2.75) is 17.7 Å². The lowest BCUT2D eigenvalue weighted by atomic mass is 10.2. The van der Waals surface area contributed by atoms with Crippen LogP contribution in [-0.2, 0) is 5.75 Å². The number of rotatable bonds is 4. The average Bonchev–Trinajstić information content (AvgIpc) is 2.93. The Hall–Kier alpha value is -2.01. The summed E-state index contributed by atoms with van der Waals surface area (Å²) in [6, 6.07) is 8.55. The molecule has 0 spiro atoms. The molecule has 0 aliphatic carbocycles. The molecule has 1 aromatic carbocycles. The highest BCUT2D eigenvalue weighted by molar-refractivity contribution is 7.98. The number of anilines is 1. The third kappa shape index (κ3) is 2.63. The monoisotopic (exact) mass is 284 g/mol. The molecule has 0 bridgehead atoms. The van der Waals surface area contributed by atoms with Crippen molar-refractivity contribution in [2.75, 3.05) is 12.4 Å². The van der Waals surface area contributed by atoms with Crippen LogP contribution in [-0.4, -0.2) is 21.4 Å². The first kappa shape index (κ1) is 13.0. The van der Waals surface area contributed by atoms with Gasteiger partial charge < -0.3 is 9.72 Å². The minimum Gasteiger partial charge on any atom is -0.372 e. The fraction of sp³-hybridized carbons (Fsp3) is 0.200. The first-order valence-electron chi connectivity index (χ1n) is 6.46. The highest BCUT2D eigenvalue weighted by Gasteiger charge is 2.08. The minimum atomic E-state index is 0.849. The largest absolute Gasteiger partial charge is 0.372 e. The van der Waals surface area contributed by atoms with E-state index in [2.05, 4.69) is 46.5 Å². The summed E-state index contributed by atoms with van der Waals surface area (Å²) in [7, 11) is 1.88. The Morgan fingerprint density at radius 1 is 1.35 bits per heavy atom. The number of fused-ring (bicyclic) bond motifs is 1. The standard InChI is InChI=1S/C15H16N4S/c1-11-4-3-5-12(8-11)10-20-15-14-17-6-7-19(14)9-13(16-2)18-15/h3-9,16H,10H2,1-2H3. The second-order valence-electron chi connectivity index (χ2n) is 4.62. The third-order valence-corrected chi connectivity index (χ3v) is 4.08. The maximum Gasteiger partial charge on any atom is 0.169 e. The lowest BCUT2D eigenvalue weighted by Gasteiger charge is -2.07. The normalized spacial score (nSPS) is 10.9. The Bertz CT molecular complexity index is 736. The van der Waals surface area contributed by atoms with Crippen molar-refractivity contribution < 1.29 is 0 Å². The van der Waals surface area contributed by atoms with E-state index in [9.17, 15) is 0 Å². The Kier molecular flexibility index (Phi) is 3.60. The van der Waals surface area contributed by atoms with Crippen LogP contribution in [0.4, 0.5) is 5.82 Å². The first-order chi connectivity index (χ1) is 9.76. The predicted octanol–water partition coefficient (Wildman–Crippen LogP) is 3.37. The van der Waals surface area contributed by atoms with E-state index >= 15 is 0 Å². The van der Waals surface area contributed by atoms with Gasteiger partial charge in [0.1, 0.15) is 10.8 Å². The van der Waals surface area contributed by atoms with Crippen LogP contribution in [0.15, 0.2) is 47.9 Å². The maximum absolute atomic E-state index is 4.60. The summed E-state index contributed by atoms with van der Waals surface area (Å²) >= 11 is 1.71. The van der Waals surface area contributed by atoms with Gasteiger partial charge in [0.05, 0.1) is 6.20 Å². The fourth-order valence-electron chi connectivity index (χ4n) is 2.07. The van der Waals surface area contributed by atoms with E-state index in [1.54, 1.807) is 18.0 Å². The summed E-state index contributed by atoms with van der Waals surface area (Å²) in [5.74, 6) is 1.74. The van der Waals surface area contributed by atoms with Gasteiger partial charge in [0.15, 0.2) is 5.65 Å². The summed E-state index contributed by atoms with van der Waals surface area (Å²) < 4.78 is 2.00. The second kappa shape index (κ2) is 5.54. The van der Waals surface area contributed by atoms with E-state index in [0.29, 0.717) is 0 Å². The molecule has 5 heteroatoms. The highest BCUT2D eigenvalue weighted by Crippen LogP contribution is 2.26. The van der Waals surface area contributed by atoms with Gasteiger partial charge in [0.2, 0.25) is 0 Å². The number of hydrogen-bond acceptors (Lipinski definition) is 4. The van der Waals surface area contributed by atoms with Crippen LogP contribution in [0.1, 0.15) is 11.1 Å². The number of nitrogens with zero attached hydrogens (tertiary/aromatic N) is 3. The molecular formula is C15H16N4S. The van der Waals surface area contributed by atoms with Gasteiger partial charge in [-0.25, -0.2) is 9.97 Å². The molecule has 3 aromatic rings. The minimum absolute atomic E-state index is 0.849. The van der Waals surface area contributed by atoms with Crippen LogP contribution < -0.4 is 5.32 Å². The van der Waals surface area contributed by atoms with Gasteiger partial charge in [-0.1, -0.05) is 41.6 Å². The molecule has 2 heterocycles. The van der Waals surface area contributed by atoms with Crippen LogP contribution in [0.3, 0.4) is 0 Å². The molecule has 102 valence electrons. The number of aromatic nitrogens is 3. The Labute approximate surface area is 122 Å². The number of thioether (sulfide) groups is 1. The number of hydrogen-bond donors (Lipinski definition) is 1. The summed E-state index contributed by atoms with van der Waals surface area (Å²) in [4.78, 5) is 8.97. The molecule has 0 unspecified atom stereocenters. The van der Waals surface area contributed by atoms with Crippen molar-refractivity contribution in [3.8, 4) is 0 Å². The zero-order valence-electron chi connectivity index (χ0n) is 11.5. The Morgan fingerprint density at radius 2 is 2.25 bits per heavy atom. The number of aryl methyl sites for hydroxylation is 1. The van der Waals surface area contributed by atoms with Gasteiger partial charge in [-0.2, -0.15) is 0 Å². The van der Waals surface area contributed by atoms with E-state index in [-0.39, 0.29) is 0 Å². The molecule has 0 atom stereocenters. The van der Waals surface area contributed by atoms with E-state index in [4.69, 9.17) is 0 Å². The van der Waals surface area contributed by atoms with Crippen LogP contribution in [0.25, 0.3) is 5.65 Å². The zero-order chi connectivity index (χ0) is 13.9. The van der Waals surface area contributed by atoms with Gasteiger partial charge in [0, 0.05) is 25.2 Å². The number of nitrogens with one attached hydrogen (secondary N) is 1. The fourth-order valence-corrected chi connectivity index (χ4v) is 3.01. The van der Waals surface area contributed by atoms with Gasteiger partial charge in [-0.05, 0) is 12.5 Å². The third-order valence-electron chi connectivity index (χ3n) is 3.06. The van der Waals surface area contributed by atoms with Crippen LogP contribution in [0.5, 0.6) is 0 Å². The summed E-state index contributed by atoms with van der Waals surface area (Å²) in [5.41, 5.74) is 3.49. The van der Waals surface area contributed by atoms with Crippen LogP contribution in [0.2, 0.25) is 0 Å². The Balaban J connectivity index is 1.88. The maximum atomic E-state index is 4.60.